The smallest absolute Gasteiger partial charge is 0.251 e. The lowest BCUT2D eigenvalue weighted by molar-refractivity contribution is 0.0930. The number of hydrogen-bond donors (Lipinski definition) is 1. The molecule has 1 aromatic carbocycles. The maximum atomic E-state index is 12.1. The van der Waals surface area contributed by atoms with E-state index in [9.17, 15) is 4.79 Å². The number of amides is 1. The highest BCUT2D eigenvalue weighted by Gasteiger charge is 2.18. The van der Waals surface area contributed by atoms with Crippen molar-refractivity contribution in [3.05, 3.63) is 35.7 Å². The van der Waals surface area contributed by atoms with Crippen molar-refractivity contribution >= 4 is 5.91 Å². The van der Waals surface area contributed by atoms with Crippen molar-refractivity contribution in [1.82, 2.24) is 15.5 Å². The van der Waals surface area contributed by atoms with Gasteiger partial charge in [-0.3, -0.25) is 4.79 Å². The Labute approximate surface area is 128 Å². The fraction of sp³-hybridized carbons (Fsp3) is 0.438. The van der Waals surface area contributed by atoms with Gasteiger partial charge in [0.2, 0.25) is 11.7 Å². The average Bonchev–Trinajstić information content (AvgIpc) is 3.18. The second-order valence-electron chi connectivity index (χ2n) is 5.72. The first-order chi connectivity index (χ1) is 10.6. The van der Waals surface area contributed by atoms with E-state index in [0.29, 0.717) is 30.5 Å². The van der Waals surface area contributed by atoms with E-state index in [1.165, 1.54) is 0 Å². The predicted octanol–water partition coefficient (Wildman–Crippen LogP) is 2.38. The highest BCUT2D eigenvalue weighted by atomic mass is 16.5. The third-order valence-corrected chi connectivity index (χ3v) is 3.61. The minimum atomic E-state index is -0.0852. The van der Waals surface area contributed by atoms with Crippen molar-refractivity contribution in [1.29, 1.82) is 0 Å². The molecule has 0 unspecified atom stereocenters. The SMILES string of the molecule is CC(C)c1nc(-c2ccc(C(=O)N[C@@H]3CCOC3)cc2)no1. The van der Waals surface area contributed by atoms with Gasteiger partial charge in [0.05, 0.1) is 12.6 Å². The highest BCUT2D eigenvalue weighted by molar-refractivity contribution is 5.94. The molecule has 1 aromatic heterocycles. The lowest BCUT2D eigenvalue weighted by atomic mass is 10.1. The van der Waals surface area contributed by atoms with Crippen LogP contribution in [0.25, 0.3) is 11.4 Å². The van der Waals surface area contributed by atoms with Crippen LogP contribution in [0.15, 0.2) is 28.8 Å². The van der Waals surface area contributed by atoms with Gasteiger partial charge in [-0.2, -0.15) is 4.98 Å². The summed E-state index contributed by atoms with van der Waals surface area (Å²) in [4.78, 5) is 16.5. The molecule has 1 saturated heterocycles. The van der Waals surface area contributed by atoms with E-state index in [-0.39, 0.29) is 17.9 Å². The molecule has 1 amide bonds. The molecule has 6 nitrogen and oxygen atoms in total. The fourth-order valence-corrected chi connectivity index (χ4v) is 2.27. The van der Waals surface area contributed by atoms with Crippen molar-refractivity contribution in [3.63, 3.8) is 0 Å². The molecule has 1 aliphatic rings. The molecule has 2 aromatic rings. The van der Waals surface area contributed by atoms with Gasteiger partial charge in [-0.1, -0.05) is 31.1 Å². The zero-order valence-corrected chi connectivity index (χ0v) is 12.7. The first-order valence-corrected chi connectivity index (χ1v) is 7.46. The molecule has 6 heteroatoms. The Hall–Kier alpha value is -2.21. The van der Waals surface area contributed by atoms with E-state index >= 15 is 0 Å². The van der Waals surface area contributed by atoms with Crippen LogP contribution < -0.4 is 5.32 Å². The second-order valence-corrected chi connectivity index (χ2v) is 5.72. The summed E-state index contributed by atoms with van der Waals surface area (Å²) in [6.07, 6.45) is 0.866. The van der Waals surface area contributed by atoms with Crippen LogP contribution in [-0.4, -0.2) is 35.3 Å². The van der Waals surface area contributed by atoms with Crippen LogP contribution in [-0.2, 0) is 4.74 Å². The van der Waals surface area contributed by atoms with Gasteiger partial charge in [0.25, 0.3) is 5.91 Å². The Morgan fingerprint density at radius 1 is 1.32 bits per heavy atom. The molecule has 1 aliphatic heterocycles. The average molecular weight is 301 g/mol. The van der Waals surface area contributed by atoms with Gasteiger partial charge in [-0.25, -0.2) is 0 Å². The molecule has 1 N–H and O–H groups in total. The summed E-state index contributed by atoms with van der Waals surface area (Å²) in [6.45, 7) is 5.29. The van der Waals surface area contributed by atoms with Crippen molar-refractivity contribution in [2.75, 3.05) is 13.2 Å². The van der Waals surface area contributed by atoms with Gasteiger partial charge in [-0.05, 0) is 18.6 Å². The van der Waals surface area contributed by atoms with Crippen LogP contribution >= 0.6 is 0 Å². The molecule has 0 bridgehead atoms. The molecule has 2 heterocycles. The monoisotopic (exact) mass is 301 g/mol. The van der Waals surface area contributed by atoms with Crippen LogP contribution in [0.2, 0.25) is 0 Å². The Bertz CT molecular complexity index is 643. The summed E-state index contributed by atoms with van der Waals surface area (Å²) in [5, 5.41) is 6.92. The Kier molecular flexibility index (Phi) is 4.20. The molecule has 0 aliphatic carbocycles. The number of nitrogens with one attached hydrogen (secondary N) is 1. The second kappa shape index (κ2) is 6.27. The Balaban J connectivity index is 1.70. The highest BCUT2D eigenvalue weighted by Crippen LogP contribution is 2.20. The molecule has 0 radical (unpaired) electrons. The third kappa shape index (κ3) is 3.17. The Morgan fingerprint density at radius 3 is 2.68 bits per heavy atom. The number of hydrogen-bond acceptors (Lipinski definition) is 5. The summed E-state index contributed by atoms with van der Waals surface area (Å²) in [6, 6.07) is 7.31. The minimum Gasteiger partial charge on any atom is -0.379 e. The number of carbonyl (C=O) groups excluding carboxylic acids is 1. The van der Waals surface area contributed by atoms with Crippen LogP contribution in [0.3, 0.4) is 0 Å². The van der Waals surface area contributed by atoms with E-state index < -0.39 is 0 Å². The summed E-state index contributed by atoms with van der Waals surface area (Å²) < 4.78 is 10.4. The molecule has 116 valence electrons. The van der Waals surface area contributed by atoms with Crippen LogP contribution in [0.5, 0.6) is 0 Å². The lowest BCUT2D eigenvalue weighted by Gasteiger charge is -2.10. The van der Waals surface area contributed by atoms with Crippen LogP contribution in [0, 0.1) is 0 Å². The quantitative estimate of drug-likeness (QED) is 0.938. The number of benzene rings is 1. The van der Waals surface area contributed by atoms with E-state index in [2.05, 4.69) is 15.5 Å². The fourth-order valence-electron chi connectivity index (χ4n) is 2.27. The molecule has 22 heavy (non-hydrogen) atoms. The molecular weight excluding hydrogens is 282 g/mol. The minimum absolute atomic E-state index is 0.0852. The largest absolute Gasteiger partial charge is 0.379 e. The summed E-state index contributed by atoms with van der Waals surface area (Å²) in [7, 11) is 0. The van der Waals surface area contributed by atoms with Gasteiger partial charge in [0.15, 0.2) is 0 Å². The van der Waals surface area contributed by atoms with Gasteiger partial charge in [0, 0.05) is 23.7 Å². The normalized spacial score (nSPS) is 17.9. The van der Waals surface area contributed by atoms with Crippen molar-refractivity contribution in [3.8, 4) is 11.4 Å². The topological polar surface area (TPSA) is 77.2 Å². The van der Waals surface area contributed by atoms with Crippen molar-refractivity contribution in [2.45, 2.75) is 32.2 Å². The van der Waals surface area contributed by atoms with Crippen LogP contribution in [0.1, 0.15) is 42.4 Å². The lowest BCUT2D eigenvalue weighted by Crippen LogP contribution is -2.34. The van der Waals surface area contributed by atoms with E-state index in [0.717, 1.165) is 12.0 Å². The molecular formula is C16H19N3O3. The van der Waals surface area contributed by atoms with Gasteiger partial charge < -0.3 is 14.6 Å². The summed E-state index contributed by atoms with van der Waals surface area (Å²) in [5.74, 6) is 1.26. The first-order valence-electron chi connectivity index (χ1n) is 7.46. The standard InChI is InChI=1S/C16H19N3O3/c1-10(2)16-18-14(19-22-16)11-3-5-12(6-4-11)15(20)17-13-7-8-21-9-13/h3-6,10,13H,7-9H2,1-2H3,(H,17,20)/t13-/m1/s1. The van der Waals surface area contributed by atoms with Gasteiger partial charge in [0.1, 0.15) is 0 Å². The number of ether oxygens (including phenoxy) is 1. The first kappa shape index (κ1) is 14.7. The summed E-state index contributed by atoms with van der Waals surface area (Å²) in [5.41, 5.74) is 1.44. The molecule has 3 rings (SSSR count). The third-order valence-electron chi connectivity index (χ3n) is 3.61. The van der Waals surface area contributed by atoms with E-state index in [1.54, 1.807) is 12.1 Å². The maximum Gasteiger partial charge on any atom is 0.251 e. The zero-order valence-electron chi connectivity index (χ0n) is 12.7. The maximum absolute atomic E-state index is 12.1. The van der Waals surface area contributed by atoms with Crippen LogP contribution in [0.4, 0.5) is 0 Å². The number of carbonyl (C=O) groups is 1. The number of aromatic nitrogens is 2. The van der Waals surface area contributed by atoms with Crippen molar-refractivity contribution < 1.29 is 14.1 Å². The van der Waals surface area contributed by atoms with Crippen molar-refractivity contribution in [2.24, 2.45) is 0 Å². The molecule has 0 saturated carbocycles. The molecule has 0 spiro atoms. The van der Waals surface area contributed by atoms with Gasteiger partial charge in [-0.15, -0.1) is 0 Å². The predicted molar refractivity (Wildman–Crippen MR) is 80.5 cm³/mol. The number of rotatable bonds is 4. The van der Waals surface area contributed by atoms with Gasteiger partial charge >= 0.3 is 0 Å². The molecule has 1 fully saturated rings. The molecule has 1 atom stereocenters. The number of nitrogens with zero attached hydrogens (tertiary/aromatic N) is 2. The van der Waals surface area contributed by atoms with E-state index in [4.69, 9.17) is 9.26 Å². The Morgan fingerprint density at radius 2 is 2.09 bits per heavy atom. The summed E-state index contributed by atoms with van der Waals surface area (Å²) >= 11 is 0. The van der Waals surface area contributed by atoms with E-state index in [1.807, 2.05) is 26.0 Å². The zero-order chi connectivity index (χ0) is 15.5.